The molecule has 76 valence electrons. The van der Waals surface area contributed by atoms with Crippen molar-refractivity contribution in [3.8, 4) is 0 Å². The molecule has 1 aromatic carbocycles. The first-order chi connectivity index (χ1) is 6.79. The van der Waals surface area contributed by atoms with E-state index in [9.17, 15) is 0 Å². The largest absolute Gasteiger partial charge is 0.327 e. The number of aryl methyl sites for hydroxylation is 1. The molecule has 1 aliphatic rings. The van der Waals surface area contributed by atoms with Crippen LogP contribution in [-0.2, 0) is 0 Å². The Labute approximate surface area is 90.1 Å². The van der Waals surface area contributed by atoms with Gasteiger partial charge in [-0.3, -0.25) is 0 Å². The molecule has 0 spiro atoms. The first kappa shape index (κ1) is 10.1. The number of rotatable bonds is 1. The zero-order valence-corrected chi connectivity index (χ0v) is 9.39. The zero-order valence-electron chi connectivity index (χ0n) is 8.57. The molecule has 14 heavy (non-hydrogen) atoms. The highest BCUT2D eigenvalue weighted by Crippen LogP contribution is 2.31. The quantitative estimate of drug-likeness (QED) is 0.766. The van der Waals surface area contributed by atoms with Crippen LogP contribution in [0.15, 0.2) is 24.3 Å². The summed E-state index contributed by atoms with van der Waals surface area (Å²) in [6.45, 7) is 2.18. The summed E-state index contributed by atoms with van der Waals surface area (Å²) < 4.78 is 0. The molecule has 1 aromatic rings. The third-order valence-electron chi connectivity index (χ3n) is 3.00. The van der Waals surface area contributed by atoms with Gasteiger partial charge in [0.1, 0.15) is 0 Å². The SMILES string of the molecule is Cc1ccccc1C1CSCCC1N. The highest BCUT2D eigenvalue weighted by molar-refractivity contribution is 7.99. The lowest BCUT2D eigenvalue weighted by atomic mass is 9.89. The molecule has 0 amide bonds. The summed E-state index contributed by atoms with van der Waals surface area (Å²) in [5, 5.41) is 0. The summed E-state index contributed by atoms with van der Waals surface area (Å²) in [6.07, 6.45) is 1.16. The number of hydrogen-bond acceptors (Lipinski definition) is 2. The van der Waals surface area contributed by atoms with Gasteiger partial charge in [0, 0.05) is 17.7 Å². The van der Waals surface area contributed by atoms with Crippen molar-refractivity contribution >= 4 is 11.8 Å². The molecule has 1 heterocycles. The number of hydrogen-bond donors (Lipinski definition) is 1. The first-order valence-corrected chi connectivity index (χ1v) is 6.33. The molecule has 0 aromatic heterocycles. The Morgan fingerprint density at radius 3 is 2.86 bits per heavy atom. The molecule has 0 aliphatic carbocycles. The fraction of sp³-hybridized carbons (Fsp3) is 0.500. The molecule has 2 unspecified atom stereocenters. The van der Waals surface area contributed by atoms with E-state index >= 15 is 0 Å². The predicted octanol–water partition coefficient (Wildman–Crippen LogP) is 2.54. The average molecular weight is 207 g/mol. The van der Waals surface area contributed by atoms with Gasteiger partial charge >= 0.3 is 0 Å². The van der Waals surface area contributed by atoms with Gasteiger partial charge in [-0.25, -0.2) is 0 Å². The number of thioether (sulfide) groups is 1. The molecule has 1 aliphatic heterocycles. The Balaban J connectivity index is 2.25. The molecule has 1 fully saturated rings. The van der Waals surface area contributed by atoms with Gasteiger partial charge in [-0.05, 0) is 30.2 Å². The Hall–Kier alpha value is -0.470. The van der Waals surface area contributed by atoms with Crippen LogP contribution in [0.2, 0.25) is 0 Å². The van der Waals surface area contributed by atoms with Gasteiger partial charge in [-0.15, -0.1) is 0 Å². The van der Waals surface area contributed by atoms with E-state index in [0.717, 1.165) is 6.42 Å². The topological polar surface area (TPSA) is 26.0 Å². The normalized spacial score (nSPS) is 27.6. The minimum Gasteiger partial charge on any atom is -0.327 e. The molecular weight excluding hydrogens is 190 g/mol. The van der Waals surface area contributed by atoms with Crippen molar-refractivity contribution in [1.82, 2.24) is 0 Å². The molecule has 2 rings (SSSR count). The van der Waals surface area contributed by atoms with Crippen molar-refractivity contribution in [2.75, 3.05) is 11.5 Å². The smallest absolute Gasteiger partial charge is 0.0124 e. The lowest BCUT2D eigenvalue weighted by Crippen LogP contribution is -2.34. The fourth-order valence-corrected chi connectivity index (χ4v) is 3.36. The summed E-state index contributed by atoms with van der Waals surface area (Å²) in [6, 6.07) is 8.99. The van der Waals surface area contributed by atoms with Crippen LogP contribution in [-0.4, -0.2) is 17.5 Å². The van der Waals surface area contributed by atoms with Gasteiger partial charge in [-0.1, -0.05) is 24.3 Å². The van der Waals surface area contributed by atoms with E-state index in [0.29, 0.717) is 12.0 Å². The maximum Gasteiger partial charge on any atom is 0.0124 e. The Morgan fingerprint density at radius 2 is 2.14 bits per heavy atom. The second-order valence-corrected chi connectivity index (χ2v) is 5.14. The summed E-state index contributed by atoms with van der Waals surface area (Å²) in [5.41, 5.74) is 9.00. The van der Waals surface area contributed by atoms with Crippen LogP contribution in [0.3, 0.4) is 0 Å². The van der Waals surface area contributed by atoms with Gasteiger partial charge in [0.2, 0.25) is 0 Å². The van der Waals surface area contributed by atoms with Crippen LogP contribution in [0.5, 0.6) is 0 Å². The van der Waals surface area contributed by atoms with E-state index in [-0.39, 0.29) is 0 Å². The van der Waals surface area contributed by atoms with Gasteiger partial charge in [-0.2, -0.15) is 11.8 Å². The van der Waals surface area contributed by atoms with Crippen molar-refractivity contribution in [3.63, 3.8) is 0 Å². The van der Waals surface area contributed by atoms with Crippen LogP contribution in [0.4, 0.5) is 0 Å². The second kappa shape index (κ2) is 4.37. The molecule has 2 heteroatoms. The van der Waals surface area contributed by atoms with E-state index in [1.807, 2.05) is 11.8 Å². The minimum atomic E-state index is 0.359. The van der Waals surface area contributed by atoms with Gasteiger partial charge < -0.3 is 5.73 Å². The van der Waals surface area contributed by atoms with Crippen molar-refractivity contribution in [2.24, 2.45) is 5.73 Å². The summed E-state index contributed by atoms with van der Waals surface area (Å²) in [5.74, 6) is 2.98. The van der Waals surface area contributed by atoms with Crippen molar-refractivity contribution < 1.29 is 0 Å². The second-order valence-electron chi connectivity index (χ2n) is 3.99. The maximum atomic E-state index is 6.17. The molecular formula is C12H17NS. The zero-order chi connectivity index (χ0) is 9.97. The van der Waals surface area contributed by atoms with Crippen molar-refractivity contribution in [3.05, 3.63) is 35.4 Å². The van der Waals surface area contributed by atoms with Gasteiger partial charge in [0.25, 0.3) is 0 Å². The molecule has 0 saturated carbocycles. The molecule has 2 atom stereocenters. The first-order valence-electron chi connectivity index (χ1n) is 5.18. The summed E-state index contributed by atoms with van der Waals surface area (Å²) >= 11 is 2.03. The molecule has 1 saturated heterocycles. The Bertz CT molecular complexity index is 311. The van der Waals surface area contributed by atoms with E-state index in [2.05, 4.69) is 31.2 Å². The summed E-state index contributed by atoms with van der Waals surface area (Å²) in [7, 11) is 0. The third-order valence-corrected chi connectivity index (χ3v) is 4.12. The maximum absolute atomic E-state index is 6.17. The third kappa shape index (κ3) is 1.96. The molecule has 2 N–H and O–H groups in total. The predicted molar refractivity (Wildman–Crippen MR) is 63.8 cm³/mol. The molecule has 0 radical (unpaired) electrons. The number of nitrogens with two attached hydrogens (primary N) is 1. The highest BCUT2D eigenvalue weighted by Gasteiger charge is 2.24. The van der Waals surface area contributed by atoms with E-state index < -0.39 is 0 Å². The number of benzene rings is 1. The summed E-state index contributed by atoms with van der Waals surface area (Å²) in [4.78, 5) is 0. The highest BCUT2D eigenvalue weighted by atomic mass is 32.2. The molecule has 0 bridgehead atoms. The minimum absolute atomic E-state index is 0.359. The molecule has 1 nitrogen and oxygen atoms in total. The van der Waals surface area contributed by atoms with Crippen LogP contribution < -0.4 is 5.73 Å². The standard InChI is InChI=1S/C12H17NS/c1-9-4-2-3-5-10(9)11-8-14-7-6-12(11)13/h2-5,11-12H,6-8,13H2,1H3. The van der Waals surface area contributed by atoms with Crippen molar-refractivity contribution in [2.45, 2.75) is 25.3 Å². The Morgan fingerprint density at radius 1 is 1.36 bits per heavy atom. The van der Waals surface area contributed by atoms with E-state index in [1.165, 1.54) is 22.6 Å². The monoisotopic (exact) mass is 207 g/mol. The van der Waals surface area contributed by atoms with Gasteiger partial charge in [0.05, 0.1) is 0 Å². The van der Waals surface area contributed by atoms with Crippen LogP contribution in [0.25, 0.3) is 0 Å². The van der Waals surface area contributed by atoms with E-state index in [4.69, 9.17) is 5.73 Å². The van der Waals surface area contributed by atoms with E-state index in [1.54, 1.807) is 0 Å². The van der Waals surface area contributed by atoms with Crippen LogP contribution in [0.1, 0.15) is 23.5 Å². The van der Waals surface area contributed by atoms with Gasteiger partial charge in [0.15, 0.2) is 0 Å². The lowest BCUT2D eigenvalue weighted by molar-refractivity contribution is 0.546. The van der Waals surface area contributed by atoms with Crippen LogP contribution >= 0.6 is 11.8 Å². The lowest BCUT2D eigenvalue weighted by Gasteiger charge is -2.29. The van der Waals surface area contributed by atoms with Crippen molar-refractivity contribution in [1.29, 1.82) is 0 Å². The Kier molecular flexibility index (Phi) is 3.14. The van der Waals surface area contributed by atoms with Crippen LogP contribution in [0, 0.1) is 6.92 Å². The average Bonchev–Trinajstić information content (AvgIpc) is 2.20. The fourth-order valence-electron chi connectivity index (χ4n) is 2.08.